The van der Waals surface area contributed by atoms with Gasteiger partial charge in [0.25, 0.3) is 0 Å². The van der Waals surface area contributed by atoms with Gasteiger partial charge < -0.3 is 15.4 Å². The zero-order chi connectivity index (χ0) is 21.4. The molecule has 0 saturated carbocycles. The van der Waals surface area contributed by atoms with Gasteiger partial charge in [-0.15, -0.1) is 0 Å². The molecule has 0 heterocycles. The van der Waals surface area contributed by atoms with E-state index in [2.05, 4.69) is 10.6 Å². The Bertz CT molecular complexity index is 958. The summed E-state index contributed by atoms with van der Waals surface area (Å²) in [6, 6.07) is 13.6. The Labute approximate surface area is 170 Å². The molecule has 29 heavy (non-hydrogen) atoms. The number of ether oxygens (including phenoxy) is 1. The van der Waals surface area contributed by atoms with Crippen LogP contribution in [-0.2, 0) is 19.6 Å². The van der Waals surface area contributed by atoms with E-state index in [-0.39, 0.29) is 24.8 Å². The van der Waals surface area contributed by atoms with E-state index in [1.165, 1.54) is 18.3 Å². The normalized spacial score (nSPS) is 10.9. The largest absolute Gasteiger partial charge is 0.495 e. The van der Waals surface area contributed by atoms with Crippen LogP contribution in [0, 0.1) is 0 Å². The molecule has 0 unspecified atom stereocenters. The van der Waals surface area contributed by atoms with Gasteiger partial charge in [-0.05, 0) is 42.8 Å². The lowest BCUT2D eigenvalue weighted by Crippen LogP contribution is -2.31. The zero-order valence-electron chi connectivity index (χ0n) is 16.6. The molecule has 0 aromatic heterocycles. The summed E-state index contributed by atoms with van der Waals surface area (Å²) in [6.07, 6.45) is 1.60. The highest BCUT2D eigenvalue weighted by atomic mass is 32.2. The van der Waals surface area contributed by atoms with Gasteiger partial charge in [0.15, 0.2) is 0 Å². The van der Waals surface area contributed by atoms with E-state index in [0.29, 0.717) is 29.2 Å². The van der Waals surface area contributed by atoms with Crippen molar-refractivity contribution in [3.8, 4) is 5.75 Å². The maximum Gasteiger partial charge on any atom is 0.232 e. The summed E-state index contributed by atoms with van der Waals surface area (Å²) in [5.74, 6) is 0.0413. The summed E-state index contributed by atoms with van der Waals surface area (Å²) in [6.45, 7) is 1.56. The van der Waals surface area contributed by atoms with Crippen LogP contribution in [0.2, 0.25) is 0 Å². The fourth-order valence-electron chi connectivity index (χ4n) is 2.75. The van der Waals surface area contributed by atoms with Gasteiger partial charge in [0.1, 0.15) is 5.75 Å². The van der Waals surface area contributed by atoms with Crippen molar-refractivity contribution >= 4 is 38.9 Å². The number of carbonyl (C=O) groups is 2. The van der Waals surface area contributed by atoms with Crippen LogP contribution >= 0.6 is 0 Å². The molecule has 2 amide bonds. The maximum absolute atomic E-state index is 12.2. The summed E-state index contributed by atoms with van der Waals surface area (Å²) in [5.41, 5.74) is 1.66. The van der Waals surface area contributed by atoms with Crippen LogP contribution < -0.4 is 19.7 Å². The third-order valence-electron chi connectivity index (χ3n) is 4.01. The van der Waals surface area contributed by atoms with Gasteiger partial charge in [-0.1, -0.05) is 12.1 Å². The lowest BCUT2D eigenvalue weighted by molar-refractivity contribution is -0.116. The number of hydrogen-bond donors (Lipinski definition) is 2. The van der Waals surface area contributed by atoms with Crippen molar-refractivity contribution in [1.82, 2.24) is 0 Å². The van der Waals surface area contributed by atoms with E-state index in [1.807, 2.05) is 0 Å². The number of methoxy groups -OCH3 is 1. The van der Waals surface area contributed by atoms with Crippen LogP contribution in [0.1, 0.15) is 19.8 Å². The number of sulfonamides is 1. The van der Waals surface area contributed by atoms with Gasteiger partial charge in [0.05, 0.1) is 19.1 Å². The predicted octanol–water partition coefficient (Wildman–Crippen LogP) is 2.84. The minimum Gasteiger partial charge on any atom is -0.495 e. The molecule has 2 N–H and O–H groups in total. The Hall–Kier alpha value is -3.07. The standard InChI is InChI=1S/C20H25N3O5S/c1-15(24)21-16-10-12-17(13-11-16)22-20(25)9-6-14-23(29(3,26)27)18-7-4-5-8-19(18)28-2/h4-5,7-8,10-13H,6,9,14H2,1-3H3,(H,21,24)(H,22,25). The Morgan fingerprint density at radius 3 is 2.14 bits per heavy atom. The van der Waals surface area contributed by atoms with Crippen molar-refractivity contribution in [3.05, 3.63) is 48.5 Å². The molecule has 2 rings (SSSR count). The van der Waals surface area contributed by atoms with Crippen molar-refractivity contribution in [2.75, 3.05) is 34.8 Å². The molecule has 0 fully saturated rings. The molecule has 9 heteroatoms. The fourth-order valence-corrected chi connectivity index (χ4v) is 3.72. The van der Waals surface area contributed by atoms with Crippen molar-refractivity contribution < 1.29 is 22.7 Å². The quantitative estimate of drug-likeness (QED) is 0.650. The first kappa shape index (κ1) is 22.2. The number of para-hydroxylation sites is 2. The summed E-state index contributed by atoms with van der Waals surface area (Å²) < 4.78 is 30.9. The molecule has 0 radical (unpaired) electrons. The van der Waals surface area contributed by atoms with Crippen molar-refractivity contribution in [3.63, 3.8) is 0 Å². The molecular formula is C20H25N3O5S. The second-order valence-corrected chi connectivity index (χ2v) is 8.32. The van der Waals surface area contributed by atoms with Crippen LogP contribution in [0.4, 0.5) is 17.1 Å². The average Bonchev–Trinajstić information content (AvgIpc) is 2.65. The first-order chi connectivity index (χ1) is 13.7. The van der Waals surface area contributed by atoms with E-state index in [4.69, 9.17) is 4.74 Å². The molecule has 8 nitrogen and oxygen atoms in total. The van der Waals surface area contributed by atoms with Crippen LogP contribution in [0.25, 0.3) is 0 Å². The third-order valence-corrected chi connectivity index (χ3v) is 5.19. The van der Waals surface area contributed by atoms with Crippen molar-refractivity contribution in [2.24, 2.45) is 0 Å². The Morgan fingerprint density at radius 2 is 1.59 bits per heavy atom. The fraction of sp³-hybridized carbons (Fsp3) is 0.300. The molecule has 0 aliphatic heterocycles. The van der Waals surface area contributed by atoms with Crippen molar-refractivity contribution in [1.29, 1.82) is 0 Å². The van der Waals surface area contributed by atoms with Gasteiger partial charge in [0.2, 0.25) is 21.8 Å². The van der Waals surface area contributed by atoms with E-state index in [1.54, 1.807) is 48.5 Å². The topological polar surface area (TPSA) is 105 Å². The second kappa shape index (κ2) is 9.92. The van der Waals surface area contributed by atoms with Gasteiger partial charge in [-0.3, -0.25) is 13.9 Å². The highest BCUT2D eigenvalue weighted by Crippen LogP contribution is 2.29. The SMILES string of the molecule is COc1ccccc1N(CCCC(=O)Nc1ccc(NC(C)=O)cc1)S(C)(=O)=O. The molecule has 0 atom stereocenters. The molecule has 2 aromatic carbocycles. The molecule has 0 aliphatic carbocycles. The Balaban J connectivity index is 1.95. The predicted molar refractivity (Wildman–Crippen MR) is 114 cm³/mol. The van der Waals surface area contributed by atoms with Gasteiger partial charge in [0, 0.05) is 31.3 Å². The van der Waals surface area contributed by atoms with E-state index in [0.717, 1.165) is 6.26 Å². The van der Waals surface area contributed by atoms with Crippen molar-refractivity contribution in [2.45, 2.75) is 19.8 Å². The number of amides is 2. The van der Waals surface area contributed by atoms with Crippen LogP contribution in [0.15, 0.2) is 48.5 Å². The summed E-state index contributed by atoms with van der Waals surface area (Å²) in [4.78, 5) is 23.2. The highest BCUT2D eigenvalue weighted by Gasteiger charge is 2.20. The lowest BCUT2D eigenvalue weighted by Gasteiger charge is -2.24. The molecular weight excluding hydrogens is 394 g/mol. The minimum atomic E-state index is -3.54. The monoisotopic (exact) mass is 419 g/mol. The number of benzene rings is 2. The smallest absolute Gasteiger partial charge is 0.232 e. The van der Waals surface area contributed by atoms with Gasteiger partial charge in [-0.2, -0.15) is 0 Å². The third kappa shape index (κ3) is 6.79. The number of hydrogen-bond acceptors (Lipinski definition) is 5. The number of rotatable bonds is 9. The highest BCUT2D eigenvalue weighted by molar-refractivity contribution is 7.92. The van der Waals surface area contributed by atoms with Gasteiger partial charge in [-0.25, -0.2) is 8.42 Å². The van der Waals surface area contributed by atoms with Crippen LogP contribution in [0.3, 0.4) is 0 Å². The molecule has 0 bridgehead atoms. The number of nitrogens with one attached hydrogen (secondary N) is 2. The number of anilines is 3. The maximum atomic E-state index is 12.2. The average molecular weight is 420 g/mol. The second-order valence-electron chi connectivity index (χ2n) is 6.42. The van der Waals surface area contributed by atoms with E-state index < -0.39 is 10.0 Å². The van der Waals surface area contributed by atoms with Crippen LogP contribution in [-0.4, -0.2) is 40.1 Å². The summed E-state index contributed by atoms with van der Waals surface area (Å²) >= 11 is 0. The molecule has 0 spiro atoms. The molecule has 0 aliphatic rings. The minimum absolute atomic E-state index is 0.147. The lowest BCUT2D eigenvalue weighted by atomic mass is 10.2. The number of nitrogens with zero attached hydrogens (tertiary/aromatic N) is 1. The Kier molecular flexibility index (Phi) is 7.60. The molecule has 156 valence electrons. The molecule has 2 aromatic rings. The summed E-state index contributed by atoms with van der Waals surface area (Å²) in [7, 11) is -2.06. The van der Waals surface area contributed by atoms with Crippen LogP contribution in [0.5, 0.6) is 5.75 Å². The Morgan fingerprint density at radius 1 is 1.00 bits per heavy atom. The first-order valence-electron chi connectivity index (χ1n) is 8.99. The van der Waals surface area contributed by atoms with Gasteiger partial charge >= 0.3 is 0 Å². The van der Waals surface area contributed by atoms with E-state index in [9.17, 15) is 18.0 Å². The zero-order valence-corrected chi connectivity index (χ0v) is 17.5. The summed E-state index contributed by atoms with van der Waals surface area (Å²) in [5, 5.41) is 5.40. The number of carbonyl (C=O) groups excluding carboxylic acids is 2. The first-order valence-corrected chi connectivity index (χ1v) is 10.8. The van der Waals surface area contributed by atoms with E-state index >= 15 is 0 Å². The molecule has 0 saturated heterocycles.